The van der Waals surface area contributed by atoms with Gasteiger partial charge in [0.15, 0.2) is 0 Å². The smallest absolute Gasteiger partial charge is 0.221 e. The first-order chi connectivity index (χ1) is 8.63. The van der Waals surface area contributed by atoms with E-state index in [9.17, 15) is 4.79 Å². The van der Waals surface area contributed by atoms with Gasteiger partial charge < -0.3 is 5.73 Å². The van der Waals surface area contributed by atoms with Crippen LogP contribution in [-0.4, -0.2) is 5.91 Å². The summed E-state index contributed by atoms with van der Waals surface area (Å²) in [6.07, 6.45) is 0.283. The third-order valence-corrected chi connectivity index (χ3v) is 4.24. The Kier molecular flexibility index (Phi) is 2.73. The van der Waals surface area contributed by atoms with Crippen LogP contribution in [0.4, 0.5) is 0 Å². The number of primary amides is 1. The minimum atomic E-state index is -0.307. The standard InChI is InChI=1S/C14H10ClNOS/c15-9-2-4-12-11(7-9)10-3-1-8(6-14(16)17)5-13(10)18-12/h1-5,7H,6H2,(H2,16,17). The molecule has 4 heteroatoms. The number of halogens is 1. The molecule has 0 aliphatic rings. The van der Waals surface area contributed by atoms with E-state index < -0.39 is 0 Å². The normalized spacial score (nSPS) is 11.2. The van der Waals surface area contributed by atoms with Crippen molar-refractivity contribution in [1.82, 2.24) is 0 Å². The third kappa shape index (κ3) is 1.96. The van der Waals surface area contributed by atoms with E-state index in [-0.39, 0.29) is 12.3 Å². The van der Waals surface area contributed by atoms with Gasteiger partial charge in [-0.2, -0.15) is 0 Å². The fourth-order valence-electron chi connectivity index (χ4n) is 2.10. The van der Waals surface area contributed by atoms with Crippen LogP contribution in [0.3, 0.4) is 0 Å². The van der Waals surface area contributed by atoms with Crippen LogP contribution in [0, 0.1) is 0 Å². The molecule has 1 heterocycles. The number of carbonyl (C=O) groups excluding carboxylic acids is 1. The summed E-state index contributed by atoms with van der Waals surface area (Å²) in [6.45, 7) is 0. The van der Waals surface area contributed by atoms with E-state index in [1.165, 1.54) is 10.1 Å². The fourth-order valence-corrected chi connectivity index (χ4v) is 3.43. The van der Waals surface area contributed by atoms with Gasteiger partial charge in [0, 0.05) is 25.2 Å². The van der Waals surface area contributed by atoms with E-state index in [2.05, 4.69) is 0 Å². The zero-order chi connectivity index (χ0) is 12.7. The van der Waals surface area contributed by atoms with E-state index >= 15 is 0 Å². The van der Waals surface area contributed by atoms with Crippen LogP contribution in [0.2, 0.25) is 5.02 Å². The third-order valence-electron chi connectivity index (χ3n) is 2.88. The van der Waals surface area contributed by atoms with Gasteiger partial charge in [0.25, 0.3) is 0 Å². The van der Waals surface area contributed by atoms with Gasteiger partial charge in [-0.3, -0.25) is 4.79 Å². The van der Waals surface area contributed by atoms with Crippen LogP contribution in [0.25, 0.3) is 20.2 Å². The zero-order valence-corrected chi connectivity index (χ0v) is 11.0. The summed E-state index contributed by atoms with van der Waals surface area (Å²) in [5.41, 5.74) is 6.16. The summed E-state index contributed by atoms with van der Waals surface area (Å²) in [7, 11) is 0. The number of nitrogens with two attached hydrogens (primary N) is 1. The predicted molar refractivity (Wildman–Crippen MR) is 77.2 cm³/mol. The van der Waals surface area contributed by atoms with E-state index in [0.717, 1.165) is 20.7 Å². The number of hydrogen-bond acceptors (Lipinski definition) is 2. The molecule has 3 aromatic rings. The summed E-state index contributed by atoms with van der Waals surface area (Å²) in [5, 5.41) is 3.07. The quantitative estimate of drug-likeness (QED) is 0.761. The first-order valence-electron chi connectivity index (χ1n) is 5.52. The Balaban J connectivity index is 2.23. The molecular formula is C14H10ClNOS. The minimum Gasteiger partial charge on any atom is -0.369 e. The first-order valence-corrected chi connectivity index (χ1v) is 6.72. The highest BCUT2D eigenvalue weighted by Gasteiger charge is 2.07. The molecule has 0 saturated carbocycles. The average Bonchev–Trinajstić information content (AvgIpc) is 2.65. The molecule has 0 atom stereocenters. The van der Waals surface area contributed by atoms with Crippen LogP contribution in [-0.2, 0) is 11.2 Å². The van der Waals surface area contributed by atoms with Gasteiger partial charge in [-0.05, 0) is 29.8 Å². The molecule has 0 fully saturated rings. The van der Waals surface area contributed by atoms with Crippen LogP contribution < -0.4 is 5.73 Å². The summed E-state index contributed by atoms with van der Waals surface area (Å²) in [4.78, 5) is 10.9. The molecule has 0 spiro atoms. The fraction of sp³-hybridized carbons (Fsp3) is 0.0714. The highest BCUT2D eigenvalue weighted by atomic mass is 35.5. The van der Waals surface area contributed by atoms with Gasteiger partial charge in [-0.25, -0.2) is 0 Å². The second-order valence-corrected chi connectivity index (χ2v) is 5.74. The summed E-state index contributed by atoms with van der Waals surface area (Å²) in [6, 6.07) is 11.9. The van der Waals surface area contributed by atoms with Crippen molar-refractivity contribution >= 4 is 49.0 Å². The Hall–Kier alpha value is -1.58. The largest absolute Gasteiger partial charge is 0.369 e. The molecule has 3 rings (SSSR count). The number of rotatable bonds is 2. The van der Waals surface area contributed by atoms with Crippen molar-refractivity contribution in [3.05, 3.63) is 47.0 Å². The van der Waals surface area contributed by atoms with E-state index in [0.29, 0.717) is 0 Å². The summed E-state index contributed by atoms with van der Waals surface area (Å²) in [5.74, 6) is -0.307. The molecular weight excluding hydrogens is 266 g/mol. The van der Waals surface area contributed by atoms with Gasteiger partial charge in [0.1, 0.15) is 0 Å². The van der Waals surface area contributed by atoms with Crippen molar-refractivity contribution in [3.8, 4) is 0 Å². The molecule has 1 amide bonds. The van der Waals surface area contributed by atoms with Crippen molar-refractivity contribution in [3.63, 3.8) is 0 Å². The van der Waals surface area contributed by atoms with Crippen molar-refractivity contribution in [2.45, 2.75) is 6.42 Å². The van der Waals surface area contributed by atoms with Crippen LogP contribution in [0.15, 0.2) is 36.4 Å². The minimum absolute atomic E-state index is 0.283. The maximum absolute atomic E-state index is 10.9. The van der Waals surface area contributed by atoms with Crippen molar-refractivity contribution in [2.24, 2.45) is 5.73 Å². The molecule has 2 aromatic carbocycles. The van der Waals surface area contributed by atoms with Gasteiger partial charge in [0.05, 0.1) is 6.42 Å². The Morgan fingerprint density at radius 2 is 1.94 bits per heavy atom. The molecule has 0 radical (unpaired) electrons. The lowest BCUT2D eigenvalue weighted by Gasteiger charge is -1.98. The Morgan fingerprint density at radius 1 is 1.11 bits per heavy atom. The second kappa shape index (κ2) is 4.26. The molecule has 0 aliphatic heterocycles. The van der Waals surface area contributed by atoms with Crippen LogP contribution >= 0.6 is 22.9 Å². The SMILES string of the molecule is NC(=O)Cc1ccc2c(c1)sc1ccc(Cl)cc12. The van der Waals surface area contributed by atoms with Gasteiger partial charge in [0.2, 0.25) is 5.91 Å². The summed E-state index contributed by atoms with van der Waals surface area (Å²) < 4.78 is 2.36. The molecule has 0 aliphatic carbocycles. The molecule has 1 aromatic heterocycles. The lowest BCUT2D eigenvalue weighted by atomic mass is 10.1. The zero-order valence-electron chi connectivity index (χ0n) is 9.44. The van der Waals surface area contributed by atoms with E-state index in [4.69, 9.17) is 17.3 Å². The molecule has 18 heavy (non-hydrogen) atoms. The van der Waals surface area contributed by atoms with Crippen molar-refractivity contribution in [1.29, 1.82) is 0 Å². The maximum Gasteiger partial charge on any atom is 0.221 e. The van der Waals surface area contributed by atoms with Crippen LogP contribution in [0.5, 0.6) is 0 Å². The number of amides is 1. The van der Waals surface area contributed by atoms with Crippen molar-refractivity contribution < 1.29 is 4.79 Å². The Labute approximate surface area is 113 Å². The van der Waals surface area contributed by atoms with E-state index in [1.54, 1.807) is 11.3 Å². The lowest BCUT2D eigenvalue weighted by Crippen LogP contribution is -2.13. The molecule has 0 unspecified atom stereocenters. The second-order valence-electron chi connectivity index (χ2n) is 4.22. The summed E-state index contributed by atoms with van der Waals surface area (Å²) >= 11 is 7.72. The average molecular weight is 276 g/mol. The van der Waals surface area contributed by atoms with Gasteiger partial charge in [-0.15, -0.1) is 11.3 Å². The number of benzene rings is 2. The number of fused-ring (bicyclic) bond motifs is 3. The highest BCUT2D eigenvalue weighted by Crippen LogP contribution is 2.35. The molecule has 0 bridgehead atoms. The molecule has 0 saturated heterocycles. The first kappa shape index (κ1) is 11.5. The van der Waals surface area contributed by atoms with Crippen LogP contribution in [0.1, 0.15) is 5.56 Å². The molecule has 2 N–H and O–H groups in total. The molecule has 2 nitrogen and oxygen atoms in total. The monoisotopic (exact) mass is 275 g/mol. The maximum atomic E-state index is 10.9. The number of thiophene rings is 1. The van der Waals surface area contributed by atoms with Crippen molar-refractivity contribution in [2.75, 3.05) is 0 Å². The topological polar surface area (TPSA) is 43.1 Å². The number of hydrogen-bond donors (Lipinski definition) is 1. The Bertz CT molecular complexity index is 763. The molecule has 90 valence electrons. The Morgan fingerprint density at radius 3 is 2.72 bits per heavy atom. The predicted octanol–water partition coefficient (Wildman–Crippen LogP) is 3.74. The van der Waals surface area contributed by atoms with Gasteiger partial charge >= 0.3 is 0 Å². The lowest BCUT2D eigenvalue weighted by molar-refractivity contribution is -0.117. The van der Waals surface area contributed by atoms with Gasteiger partial charge in [-0.1, -0.05) is 23.7 Å². The van der Waals surface area contributed by atoms with E-state index in [1.807, 2.05) is 36.4 Å². The highest BCUT2D eigenvalue weighted by molar-refractivity contribution is 7.25. The number of carbonyl (C=O) groups is 1.